The molecule has 17 heavy (non-hydrogen) atoms. The van der Waals surface area contributed by atoms with Crippen LogP contribution in [0.3, 0.4) is 0 Å². The highest BCUT2D eigenvalue weighted by molar-refractivity contribution is 5.51. The molecule has 1 aromatic rings. The molecule has 0 aliphatic heterocycles. The first kappa shape index (κ1) is 11.2. The molecule has 0 spiro atoms. The van der Waals surface area contributed by atoms with Gasteiger partial charge in [-0.05, 0) is 17.7 Å². The first-order valence-corrected chi connectivity index (χ1v) is 5.50. The molecule has 0 fully saturated rings. The first-order valence-electron chi connectivity index (χ1n) is 5.50. The second kappa shape index (κ2) is 5.18. The summed E-state index contributed by atoms with van der Waals surface area (Å²) in [5, 5.41) is 8.72. The molecule has 0 bridgehead atoms. The van der Waals surface area contributed by atoms with Crippen LogP contribution >= 0.6 is 0 Å². The summed E-state index contributed by atoms with van der Waals surface area (Å²) in [6.07, 6.45) is 14.1. The summed E-state index contributed by atoms with van der Waals surface area (Å²) in [6.45, 7) is 0. The number of benzene rings is 1. The van der Waals surface area contributed by atoms with E-state index in [1.165, 1.54) is 0 Å². The van der Waals surface area contributed by atoms with Crippen LogP contribution in [0.1, 0.15) is 12.0 Å². The monoisotopic (exact) mass is 223 g/mol. The van der Waals surface area contributed by atoms with Gasteiger partial charge in [-0.3, -0.25) is 0 Å². The van der Waals surface area contributed by atoms with Crippen molar-refractivity contribution in [1.82, 2.24) is 0 Å². The Bertz CT molecular complexity index is 493. The van der Waals surface area contributed by atoms with Crippen LogP contribution in [0.5, 0.6) is 0 Å². The van der Waals surface area contributed by atoms with E-state index in [0.717, 1.165) is 5.56 Å². The van der Waals surface area contributed by atoms with E-state index in [4.69, 9.17) is 10.00 Å². The van der Waals surface area contributed by atoms with E-state index in [9.17, 15) is 0 Å². The van der Waals surface area contributed by atoms with E-state index in [1.54, 1.807) is 6.26 Å². The number of nitrogens with zero attached hydrogens (tertiary/aromatic N) is 1. The van der Waals surface area contributed by atoms with Crippen LogP contribution < -0.4 is 0 Å². The predicted molar refractivity (Wildman–Crippen MR) is 67.8 cm³/mol. The highest BCUT2D eigenvalue weighted by Crippen LogP contribution is 2.24. The van der Waals surface area contributed by atoms with Gasteiger partial charge in [-0.15, -0.1) is 0 Å². The number of hydrogen-bond acceptors (Lipinski definition) is 2. The van der Waals surface area contributed by atoms with E-state index in [0.29, 0.717) is 6.42 Å². The van der Waals surface area contributed by atoms with Crippen LogP contribution in [-0.2, 0) is 4.74 Å². The fourth-order valence-corrected chi connectivity index (χ4v) is 1.74. The normalized spacial score (nSPS) is 22.5. The Morgan fingerprint density at radius 3 is 2.71 bits per heavy atom. The number of hydrogen-bond donors (Lipinski definition) is 0. The van der Waals surface area contributed by atoms with Crippen molar-refractivity contribution in [3.8, 4) is 6.26 Å². The second-order valence-electron chi connectivity index (χ2n) is 3.88. The Morgan fingerprint density at radius 2 is 2.06 bits per heavy atom. The highest BCUT2D eigenvalue weighted by atomic mass is 16.5. The quantitative estimate of drug-likeness (QED) is 0.735. The summed E-state index contributed by atoms with van der Waals surface area (Å²) < 4.78 is 5.17. The minimum absolute atomic E-state index is 0.626. The van der Waals surface area contributed by atoms with Gasteiger partial charge in [0.15, 0.2) is 5.60 Å². The van der Waals surface area contributed by atoms with Gasteiger partial charge in [-0.25, -0.2) is 0 Å². The molecule has 0 saturated heterocycles. The topological polar surface area (TPSA) is 33.0 Å². The molecular formula is C15H13NO. The van der Waals surface area contributed by atoms with Gasteiger partial charge in [0.2, 0.25) is 0 Å². The van der Waals surface area contributed by atoms with Crippen molar-refractivity contribution in [2.75, 3.05) is 0 Å². The van der Waals surface area contributed by atoms with E-state index < -0.39 is 5.60 Å². The van der Waals surface area contributed by atoms with Crippen molar-refractivity contribution in [3.05, 3.63) is 66.3 Å². The third-order valence-corrected chi connectivity index (χ3v) is 2.66. The van der Waals surface area contributed by atoms with Crippen molar-refractivity contribution >= 4 is 6.08 Å². The minimum Gasteiger partial charge on any atom is -0.412 e. The van der Waals surface area contributed by atoms with E-state index >= 15 is 0 Å². The van der Waals surface area contributed by atoms with E-state index in [1.807, 2.05) is 66.8 Å². The molecule has 2 nitrogen and oxygen atoms in total. The highest BCUT2D eigenvalue weighted by Gasteiger charge is 2.25. The Morgan fingerprint density at radius 1 is 1.24 bits per heavy atom. The van der Waals surface area contributed by atoms with Crippen molar-refractivity contribution in [2.24, 2.45) is 0 Å². The molecule has 0 saturated carbocycles. The third-order valence-electron chi connectivity index (χ3n) is 2.66. The summed E-state index contributed by atoms with van der Waals surface area (Å²) in [5.41, 5.74) is 0.468. The number of rotatable bonds is 3. The van der Waals surface area contributed by atoms with Crippen LogP contribution in [0.15, 0.2) is 60.7 Å². The average Bonchev–Trinajstić information content (AvgIpc) is 2.39. The summed E-state index contributed by atoms with van der Waals surface area (Å²) in [7, 11) is 0. The smallest absolute Gasteiger partial charge is 0.287 e. The molecule has 1 unspecified atom stereocenters. The van der Waals surface area contributed by atoms with Crippen LogP contribution in [0, 0.1) is 11.5 Å². The van der Waals surface area contributed by atoms with E-state index in [2.05, 4.69) is 0 Å². The Labute approximate surface area is 101 Å². The van der Waals surface area contributed by atoms with Crippen molar-refractivity contribution in [2.45, 2.75) is 12.0 Å². The zero-order chi connectivity index (χ0) is 12.0. The molecule has 0 aromatic heterocycles. The fraction of sp³-hybridized carbons (Fsp3) is 0.133. The molecule has 84 valence electrons. The predicted octanol–water partition coefficient (Wildman–Crippen LogP) is 3.45. The van der Waals surface area contributed by atoms with Gasteiger partial charge in [0, 0.05) is 6.42 Å². The van der Waals surface area contributed by atoms with Crippen LogP contribution in [0.2, 0.25) is 0 Å². The van der Waals surface area contributed by atoms with Gasteiger partial charge in [0.05, 0.1) is 0 Å². The lowest BCUT2D eigenvalue weighted by Crippen LogP contribution is -2.25. The van der Waals surface area contributed by atoms with Crippen LogP contribution in [0.4, 0.5) is 0 Å². The first-order chi connectivity index (χ1) is 8.35. The largest absolute Gasteiger partial charge is 0.412 e. The summed E-state index contributed by atoms with van der Waals surface area (Å²) >= 11 is 0. The van der Waals surface area contributed by atoms with Gasteiger partial charge in [-0.2, -0.15) is 5.26 Å². The molecule has 0 N–H and O–H groups in total. The molecule has 1 aliphatic rings. The minimum atomic E-state index is -0.626. The SMILES string of the molecule is N#COC1(C=Cc2ccccc2)C=CC=CC1. The molecule has 2 rings (SSSR count). The molecule has 0 radical (unpaired) electrons. The number of nitriles is 1. The molecule has 1 aliphatic carbocycles. The Kier molecular flexibility index (Phi) is 3.42. The lowest BCUT2D eigenvalue weighted by Gasteiger charge is -2.24. The van der Waals surface area contributed by atoms with Gasteiger partial charge in [0.25, 0.3) is 6.26 Å². The second-order valence-corrected chi connectivity index (χ2v) is 3.88. The van der Waals surface area contributed by atoms with Crippen molar-refractivity contribution < 1.29 is 4.74 Å². The molecule has 1 aromatic carbocycles. The molecule has 0 amide bonds. The third kappa shape index (κ3) is 2.85. The lowest BCUT2D eigenvalue weighted by molar-refractivity contribution is 0.133. The maximum Gasteiger partial charge on any atom is 0.287 e. The van der Waals surface area contributed by atoms with Crippen LogP contribution in [-0.4, -0.2) is 5.60 Å². The average molecular weight is 223 g/mol. The van der Waals surface area contributed by atoms with Crippen LogP contribution in [0.25, 0.3) is 6.08 Å². The van der Waals surface area contributed by atoms with Gasteiger partial charge in [0.1, 0.15) is 0 Å². The molecule has 1 atom stereocenters. The summed E-state index contributed by atoms with van der Waals surface area (Å²) in [6, 6.07) is 9.96. The zero-order valence-corrected chi connectivity index (χ0v) is 9.41. The van der Waals surface area contributed by atoms with Gasteiger partial charge < -0.3 is 4.74 Å². The number of allylic oxidation sites excluding steroid dienone is 2. The maximum atomic E-state index is 8.72. The summed E-state index contributed by atoms with van der Waals surface area (Å²) in [4.78, 5) is 0. The molecule has 2 heteroatoms. The maximum absolute atomic E-state index is 8.72. The molecule has 0 heterocycles. The lowest BCUT2D eigenvalue weighted by atomic mass is 9.94. The Hall–Kier alpha value is -2.27. The molecular weight excluding hydrogens is 210 g/mol. The van der Waals surface area contributed by atoms with Crippen molar-refractivity contribution in [1.29, 1.82) is 5.26 Å². The zero-order valence-electron chi connectivity index (χ0n) is 9.41. The fourth-order valence-electron chi connectivity index (χ4n) is 1.74. The van der Waals surface area contributed by atoms with Crippen molar-refractivity contribution in [3.63, 3.8) is 0 Å². The summed E-state index contributed by atoms with van der Waals surface area (Å²) in [5.74, 6) is 0. The van der Waals surface area contributed by atoms with Gasteiger partial charge in [-0.1, -0.05) is 54.6 Å². The van der Waals surface area contributed by atoms with Gasteiger partial charge >= 0.3 is 0 Å². The Balaban J connectivity index is 2.19. The van der Waals surface area contributed by atoms with E-state index in [-0.39, 0.29) is 0 Å². The number of ether oxygens (including phenoxy) is 1. The standard InChI is InChI=1S/C15H13NO/c16-13-17-15(10-5-2-6-11-15)12-9-14-7-3-1-4-8-14/h1-10,12H,11H2.